The van der Waals surface area contributed by atoms with Gasteiger partial charge in [-0.2, -0.15) is 0 Å². The number of allylic oxidation sites excluding steroid dienone is 2. The average Bonchev–Trinajstić information content (AvgIpc) is 3.22. The summed E-state index contributed by atoms with van der Waals surface area (Å²) in [6.45, 7) is 17.7. The second-order valence-corrected chi connectivity index (χ2v) is 14.1. The van der Waals surface area contributed by atoms with Crippen molar-refractivity contribution >= 4 is 31.8 Å². The van der Waals surface area contributed by atoms with Gasteiger partial charge in [0, 0.05) is 13.1 Å². The Morgan fingerprint density at radius 3 is 2.18 bits per heavy atom. The van der Waals surface area contributed by atoms with Crippen LogP contribution in [0, 0.1) is 5.41 Å². The zero-order valence-electron chi connectivity index (χ0n) is 18.6. The van der Waals surface area contributed by atoms with Gasteiger partial charge < -0.3 is 14.1 Å². The van der Waals surface area contributed by atoms with E-state index in [4.69, 9.17) is 20.8 Å². The van der Waals surface area contributed by atoms with Crippen LogP contribution in [0.5, 0.6) is 0 Å². The van der Waals surface area contributed by atoms with Gasteiger partial charge in [-0.1, -0.05) is 32.9 Å². The summed E-state index contributed by atoms with van der Waals surface area (Å²) in [6.07, 6.45) is 7.06. The van der Waals surface area contributed by atoms with Crippen molar-refractivity contribution in [1.82, 2.24) is 4.90 Å². The molecule has 0 aromatic rings. The SMILES string of the molecule is CCOC(=O)[C@]1(/C=C/C=C/O[Si](C)(C)C(C)(C)C)C[C@]1(Cl)C(=O)N(CC)CC. The molecule has 1 aliphatic rings. The number of carbonyl (C=O) groups excluding carboxylic acids is 2. The number of carbonyl (C=O) groups is 2. The van der Waals surface area contributed by atoms with E-state index in [2.05, 4.69) is 33.9 Å². The Bertz CT molecular complexity index is 637. The van der Waals surface area contributed by atoms with E-state index in [1.165, 1.54) is 0 Å². The van der Waals surface area contributed by atoms with E-state index in [0.717, 1.165) is 0 Å². The highest BCUT2D eigenvalue weighted by Crippen LogP contribution is 2.63. The fourth-order valence-corrected chi connectivity index (χ4v) is 4.01. The Hall–Kier alpha value is -1.27. The van der Waals surface area contributed by atoms with Gasteiger partial charge in [0.15, 0.2) is 0 Å². The van der Waals surface area contributed by atoms with Crippen molar-refractivity contribution in [3.63, 3.8) is 0 Å². The molecule has 0 unspecified atom stereocenters. The summed E-state index contributed by atoms with van der Waals surface area (Å²) in [5.74, 6) is -0.682. The van der Waals surface area contributed by atoms with Crippen LogP contribution >= 0.6 is 11.6 Å². The third-order valence-electron chi connectivity index (χ3n) is 5.87. The molecular weight excluding hydrogens is 394 g/mol. The van der Waals surface area contributed by atoms with E-state index in [9.17, 15) is 9.59 Å². The third kappa shape index (κ3) is 4.82. The molecular formula is C21H36ClNO4Si. The van der Waals surface area contributed by atoms with E-state index in [1.807, 2.05) is 13.8 Å². The fraction of sp³-hybridized carbons (Fsp3) is 0.714. The summed E-state index contributed by atoms with van der Waals surface area (Å²) in [6, 6.07) is 0. The van der Waals surface area contributed by atoms with Crippen LogP contribution < -0.4 is 0 Å². The van der Waals surface area contributed by atoms with E-state index < -0.39 is 24.6 Å². The van der Waals surface area contributed by atoms with Crippen molar-refractivity contribution in [2.75, 3.05) is 19.7 Å². The minimum Gasteiger partial charge on any atom is -0.549 e. The lowest BCUT2D eigenvalue weighted by atomic mass is 10.0. The zero-order chi connectivity index (χ0) is 21.8. The summed E-state index contributed by atoms with van der Waals surface area (Å²) in [5.41, 5.74) is -1.13. The van der Waals surface area contributed by atoms with Gasteiger partial charge in [0.25, 0.3) is 0 Å². The Morgan fingerprint density at radius 2 is 1.71 bits per heavy atom. The molecule has 0 saturated heterocycles. The van der Waals surface area contributed by atoms with Gasteiger partial charge in [-0.3, -0.25) is 9.59 Å². The first kappa shape index (κ1) is 24.8. The molecule has 1 aliphatic carbocycles. The highest BCUT2D eigenvalue weighted by Gasteiger charge is 2.76. The number of ether oxygens (including phenoxy) is 1. The summed E-state index contributed by atoms with van der Waals surface area (Å²) >= 11 is 6.65. The molecule has 0 aromatic heterocycles. The van der Waals surface area contributed by atoms with E-state index in [0.29, 0.717) is 13.1 Å². The van der Waals surface area contributed by atoms with Crippen molar-refractivity contribution in [2.45, 2.75) is 71.0 Å². The second-order valence-electron chi connectivity index (χ2n) is 8.71. The molecule has 0 aromatic carbocycles. The molecule has 5 nitrogen and oxygen atoms in total. The molecule has 160 valence electrons. The number of rotatable bonds is 9. The van der Waals surface area contributed by atoms with Crippen molar-refractivity contribution in [1.29, 1.82) is 0 Å². The van der Waals surface area contributed by atoms with Crippen LogP contribution in [0.15, 0.2) is 24.5 Å². The Labute approximate surface area is 176 Å². The molecule has 0 heterocycles. The van der Waals surface area contributed by atoms with Crippen LogP contribution in [0.25, 0.3) is 0 Å². The molecule has 0 bridgehead atoms. The van der Waals surface area contributed by atoms with Crippen LogP contribution in [-0.4, -0.2) is 49.7 Å². The van der Waals surface area contributed by atoms with Crippen LogP contribution in [0.3, 0.4) is 0 Å². The minimum atomic E-state index is -1.89. The van der Waals surface area contributed by atoms with Crippen molar-refractivity contribution in [2.24, 2.45) is 5.41 Å². The quantitative estimate of drug-likeness (QED) is 0.172. The lowest BCUT2D eigenvalue weighted by Crippen LogP contribution is -2.42. The fourth-order valence-electron chi connectivity index (χ4n) is 2.77. The maximum absolute atomic E-state index is 12.9. The number of esters is 1. The Kier molecular flexibility index (Phi) is 7.99. The van der Waals surface area contributed by atoms with Crippen molar-refractivity contribution in [3.8, 4) is 0 Å². The second kappa shape index (κ2) is 9.03. The first-order valence-electron chi connectivity index (χ1n) is 10.0. The molecule has 1 fully saturated rings. The molecule has 1 rings (SSSR count). The molecule has 28 heavy (non-hydrogen) atoms. The zero-order valence-corrected chi connectivity index (χ0v) is 20.4. The van der Waals surface area contributed by atoms with E-state index >= 15 is 0 Å². The van der Waals surface area contributed by atoms with Gasteiger partial charge in [0.2, 0.25) is 14.2 Å². The van der Waals surface area contributed by atoms with Gasteiger partial charge in [-0.05, 0) is 51.4 Å². The third-order valence-corrected chi connectivity index (χ3v) is 10.8. The molecule has 2 atom stereocenters. The number of amides is 1. The molecule has 0 aliphatic heterocycles. The first-order valence-corrected chi connectivity index (χ1v) is 13.3. The van der Waals surface area contributed by atoms with Gasteiger partial charge in [0.05, 0.1) is 12.9 Å². The largest absolute Gasteiger partial charge is 0.549 e. The molecule has 0 radical (unpaired) electrons. The monoisotopic (exact) mass is 429 g/mol. The van der Waals surface area contributed by atoms with Gasteiger partial charge in [0.1, 0.15) is 10.3 Å². The van der Waals surface area contributed by atoms with Crippen LogP contribution in [0.1, 0.15) is 48.0 Å². The molecule has 0 N–H and O–H groups in total. The standard InChI is InChI=1S/C21H36ClNO4Si/c1-9-23(10-2)17(24)21(22)16-20(21,18(25)26-11-3)14-12-13-15-27-28(7,8)19(4,5)6/h12-15H,9-11,16H2,1-8H3/b14-12+,15-13+/t20-,21-/m0/s1. The summed E-state index contributed by atoms with van der Waals surface area (Å²) in [7, 11) is -1.89. The number of hydrogen-bond acceptors (Lipinski definition) is 4. The van der Waals surface area contributed by atoms with Crippen LogP contribution in [0.4, 0.5) is 0 Å². The number of alkyl halides is 1. The Balaban J connectivity index is 3.00. The van der Waals surface area contributed by atoms with Gasteiger partial charge in [-0.25, -0.2) is 0 Å². The normalized spacial score (nSPS) is 25.2. The van der Waals surface area contributed by atoms with E-state index in [1.54, 1.807) is 36.3 Å². The van der Waals surface area contributed by atoms with Crippen molar-refractivity contribution in [3.05, 3.63) is 24.5 Å². The lowest BCUT2D eigenvalue weighted by molar-refractivity contribution is -0.149. The van der Waals surface area contributed by atoms with Crippen LogP contribution in [-0.2, 0) is 18.8 Å². The van der Waals surface area contributed by atoms with E-state index in [-0.39, 0.29) is 24.0 Å². The maximum atomic E-state index is 12.9. The maximum Gasteiger partial charge on any atom is 0.318 e. The number of hydrogen-bond donors (Lipinski definition) is 0. The summed E-state index contributed by atoms with van der Waals surface area (Å²) in [5, 5.41) is 0.102. The molecule has 1 saturated carbocycles. The van der Waals surface area contributed by atoms with Crippen molar-refractivity contribution < 1.29 is 18.8 Å². The molecule has 7 heteroatoms. The smallest absolute Gasteiger partial charge is 0.318 e. The average molecular weight is 430 g/mol. The number of nitrogens with zero attached hydrogens (tertiary/aromatic N) is 1. The summed E-state index contributed by atoms with van der Waals surface area (Å²) < 4.78 is 11.2. The summed E-state index contributed by atoms with van der Waals surface area (Å²) in [4.78, 5) is 25.9. The highest BCUT2D eigenvalue weighted by molar-refractivity contribution is 6.74. The molecule has 0 spiro atoms. The first-order chi connectivity index (χ1) is 12.8. The highest BCUT2D eigenvalue weighted by atomic mass is 35.5. The Morgan fingerprint density at radius 1 is 1.14 bits per heavy atom. The van der Waals surface area contributed by atoms with Gasteiger partial charge in [-0.15, -0.1) is 11.6 Å². The van der Waals surface area contributed by atoms with Crippen LogP contribution in [0.2, 0.25) is 18.1 Å². The molecule has 1 amide bonds. The van der Waals surface area contributed by atoms with Gasteiger partial charge >= 0.3 is 5.97 Å². The predicted octanol–water partition coefficient (Wildman–Crippen LogP) is 4.88. The number of halogens is 1. The topological polar surface area (TPSA) is 55.8 Å². The minimum absolute atomic E-state index is 0.102. The lowest BCUT2D eigenvalue weighted by Gasteiger charge is -2.34. The predicted molar refractivity (Wildman–Crippen MR) is 117 cm³/mol.